The number of nitrogens with two attached hydrogens (primary N) is 1. The van der Waals surface area contributed by atoms with Gasteiger partial charge in [-0.3, -0.25) is 0 Å². The average Bonchev–Trinajstić information content (AvgIpc) is 2.10. The largest absolute Gasteiger partial charge is 0.379 e. The summed E-state index contributed by atoms with van der Waals surface area (Å²) in [5, 5.41) is 0. The molecular formula is C11H29NO. The van der Waals surface area contributed by atoms with Crippen LogP contribution in [0.1, 0.15) is 54.9 Å². The third-order valence-corrected chi connectivity index (χ3v) is 1.02. The molecule has 1 atom stereocenters. The van der Waals surface area contributed by atoms with Gasteiger partial charge >= 0.3 is 0 Å². The number of ether oxygens (including phenoxy) is 1. The van der Waals surface area contributed by atoms with E-state index in [0.29, 0.717) is 6.10 Å². The van der Waals surface area contributed by atoms with E-state index >= 15 is 0 Å². The molecule has 2 nitrogen and oxygen atoms in total. The quantitative estimate of drug-likeness (QED) is 0.740. The summed E-state index contributed by atoms with van der Waals surface area (Å²) in [6, 6.07) is 0.267. The van der Waals surface area contributed by atoms with Crippen LogP contribution in [0.25, 0.3) is 0 Å². The lowest BCUT2D eigenvalue weighted by Crippen LogP contribution is -2.18. The Kier molecular flexibility index (Phi) is 25.6. The van der Waals surface area contributed by atoms with Crippen LogP contribution in [0.5, 0.6) is 0 Å². The molecule has 84 valence electrons. The van der Waals surface area contributed by atoms with Gasteiger partial charge in [0, 0.05) is 12.6 Å². The second-order valence-electron chi connectivity index (χ2n) is 2.69. The molecule has 0 saturated heterocycles. The maximum atomic E-state index is 5.50. The number of hydrogen-bond donors (Lipinski definition) is 1. The number of rotatable bonds is 4. The lowest BCUT2D eigenvalue weighted by atomic mass is 10.3. The van der Waals surface area contributed by atoms with Crippen LogP contribution in [0.2, 0.25) is 0 Å². The molecule has 0 saturated carbocycles. The fraction of sp³-hybridized carbons (Fsp3) is 1.00. The lowest BCUT2D eigenvalue weighted by molar-refractivity contribution is 0.0745. The molecule has 0 aromatic carbocycles. The predicted molar refractivity (Wildman–Crippen MR) is 62.1 cm³/mol. The summed E-state index contributed by atoms with van der Waals surface area (Å²) in [5.74, 6) is 0. The van der Waals surface area contributed by atoms with Gasteiger partial charge in [0.2, 0.25) is 0 Å². The van der Waals surface area contributed by atoms with Crippen molar-refractivity contribution in [1.82, 2.24) is 0 Å². The SMILES string of the molecule is CC.CC.CC(N)CCOC(C)C. The van der Waals surface area contributed by atoms with Gasteiger partial charge in [0.15, 0.2) is 0 Å². The first-order chi connectivity index (χ1) is 6.13. The van der Waals surface area contributed by atoms with Crippen molar-refractivity contribution in [2.75, 3.05) is 6.61 Å². The zero-order valence-corrected chi connectivity index (χ0v) is 10.6. The molecule has 0 aliphatic heterocycles. The summed E-state index contributed by atoms with van der Waals surface area (Å²) in [7, 11) is 0. The molecule has 1 unspecified atom stereocenters. The van der Waals surface area contributed by atoms with Gasteiger partial charge in [-0.05, 0) is 27.2 Å². The summed E-state index contributed by atoms with van der Waals surface area (Å²) < 4.78 is 5.27. The van der Waals surface area contributed by atoms with E-state index in [2.05, 4.69) is 0 Å². The minimum absolute atomic E-state index is 0.267. The second-order valence-corrected chi connectivity index (χ2v) is 2.69. The lowest BCUT2D eigenvalue weighted by Gasteiger charge is -2.08. The number of hydrogen-bond acceptors (Lipinski definition) is 2. The molecule has 2 N–H and O–H groups in total. The van der Waals surface area contributed by atoms with Crippen molar-refractivity contribution in [3.63, 3.8) is 0 Å². The van der Waals surface area contributed by atoms with Crippen molar-refractivity contribution in [2.45, 2.75) is 67.0 Å². The third-order valence-electron chi connectivity index (χ3n) is 1.02. The van der Waals surface area contributed by atoms with Gasteiger partial charge in [-0.2, -0.15) is 0 Å². The first-order valence-electron chi connectivity index (χ1n) is 5.50. The van der Waals surface area contributed by atoms with Crippen LogP contribution in [0, 0.1) is 0 Å². The average molecular weight is 191 g/mol. The molecule has 0 spiro atoms. The molecule has 0 radical (unpaired) electrons. The molecule has 0 amide bonds. The van der Waals surface area contributed by atoms with Crippen molar-refractivity contribution in [3.8, 4) is 0 Å². The Morgan fingerprint density at radius 1 is 1.00 bits per heavy atom. The van der Waals surface area contributed by atoms with Crippen LogP contribution in [0.4, 0.5) is 0 Å². The van der Waals surface area contributed by atoms with Gasteiger partial charge in [-0.25, -0.2) is 0 Å². The molecule has 0 heterocycles. The van der Waals surface area contributed by atoms with Crippen LogP contribution in [-0.2, 0) is 4.74 Å². The van der Waals surface area contributed by atoms with Crippen LogP contribution in [0.15, 0.2) is 0 Å². The van der Waals surface area contributed by atoms with Crippen LogP contribution in [0.3, 0.4) is 0 Å². The monoisotopic (exact) mass is 191 g/mol. The van der Waals surface area contributed by atoms with Crippen LogP contribution >= 0.6 is 0 Å². The van der Waals surface area contributed by atoms with Crippen molar-refractivity contribution < 1.29 is 4.74 Å². The van der Waals surface area contributed by atoms with E-state index in [9.17, 15) is 0 Å². The van der Waals surface area contributed by atoms with Gasteiger partial charge < -0.3 is 10.5 Å². The normalized spacial score (nSPS) is 10.8. The molecule has 0 aliphatic rings. The fourth-order valence-electron chi connectivity index (χ4n) is 0.490. The molecule has 0 aromatic heterocycles. The van der Waals surface area contributed by atoms with Crippen molar-refractivity contribution in [1.29, 1.82) is 0 Å². The van der Waals surface area contributed by atoms with Crippen molar-refractivity contribution in [3.05, 3.63) is 0 Å². The highest BCUT2D eigenvalue weighted by molar-refractivity contribution is 4.51. The molecule has 2 heteroatoms. The minimum atomic E-state index is 0.267. The molecule has 0 bridgehead atoms. The standard InChI is InChI=1S/C7H17NO.2C2H6/c1-6(2)9-5-4-7(3)8;2*1-2/h6-7H,4-5,8H2,1-3H3;2*1-2H3. The van der Waals surface area contributed by atoms with E-state index in [1.807, 2.05) is 48.5 Å². The highest BCUT2D eigenvalue weighted by atomic mass is 16.5. The Bertz CT molecular complexity index is 55.1. The Balaban J connectivity index is -0.000000218. The second kappa shape index (κ2) is 17.9. The smallest absolute Gasteiger partial charge is 0.0518 e. The van der Waals surface area contributed by atoms with Crippen molar-refractivity contribution in [2.24, 2.45) is 5.73 Å². The van der Waals surface area contributed by atoms with E-state index < -0.39 is 0 Å². The van der Waals surface area contributed by atoms with E-state index in [1.165, 1.54) is 0 Å². The predicted octanol–water partition coefficient (Wildman–Crippen LogP) is 3.20. The first kappa shape index (κ1) is 18.7. The Hall–Kier alpha value is -0.0800. The summed E-state index contributed by atoms with van der Waals surface area (Å²) in [6.45, 7) is 14.8. The third kappa shape index (κ3) is 33.5. The molecule has 0 aliphatic carbocycles. The molecule has 0 fully saturated rings. The topological polar surface area (TPSA) is 35.2 Å². The van der Waals surface area contributed by atoms with Crippen LogP contribution in [-0.4, -0.2) is 18.8 Å². The summed E-state index contributed by atoms with van der Waals surface area (Å²) >= 11 is 0. The Morgan fingerprint density at radius 3 is 1.62 bits per heavy atom. The highest BCUT2D eigenvalue weighted by Crippen LogP contribution is 1.91. The van der Waals surface area contributed by atoms with Crippen molar-refractivity contribution >= 4 is 0 Å². The Morgan fingerprint density at radius 2 is 1.38 bits per heavy atom. The van der Waals surface area contributed by atoms with Gasteiger partial charge in [-0.1, -0.05) is 27.7 Å². The van der Waals surface area contributed by atoms with Gasteiger partial charge in [0.1, 0.15) is 0 Å². The molecule has 0 rings (SSSR count). The van der Waals surface area contributed by atoms with Crippen LogP contribution < -0.4 is 5.73 Å². The zero-order chi connectivity index (χ0) is 11.3. The maximum absolute atomic E-state index is 5.50. The molecule has 13 heavy (non-hydrogen) atoms. The van der Waals surface area contributed by atoms with Gasteiger partial charge in [0.05, 0.1) is 6.10 Å². The van der Waals surface area contributed by atoms with E-state index in [-0.39, 0.29) is 6.04 Å². The van der Waals surface area contributed by atoms with E-state index in [1.54, 1.807) is 0 Å². The first-order valence-corrected chi connectivity index (χ1v) is 5.50. The zero-order valence-electron chi connectivity index (χ0n) is 10.6. The van der Waals surface area contributed by atoms with Gasteiger partial charge in [0.25, 0.3) is 0 Å². The minimum Gasteiger partial charge on any atom is -0.379 e. The molecular weight excluding hydrogens is 162 g/mol. The Labute approximate surface area is 84.9 Å². The highest BCUT2D eigenvalue weighted by Gasteiger charge is 1.95. The maximum Gasteiger partial charge on any atom is 0.0518 e. The van der Waals surface area contributed by atoms with E-state index in [0.717, 1.165) is 13.0 Å². The summed E-state index contributed by atoms with van der Waals surface area (Å²) in [6.07, 6.45) is 1.29. The van der Waals surface area contributed by atoms with E-state index in [4.69, 9.17) is 10.5 Å². The van der Waals surface area contributed by atoms with Gasteiger partial charge in [-0.15, -0.1) is 0 Å². The molecule has 0 aromatic rings. The summed E-state index contributed by atoms with van der Waals surface area (Å²) in [4.78, 5) is 0. The summed E-state index contributed by atoms with van der Waals surface area (Å²) in [5.41, 5.74) is 5.50. The fourth-order valence-corrected chi connectivity index (χ4v) is 0.490.